The van der Waals surface area contributed by atoms with Gasteiger partial charge in [0, 0.05) is 12.4 Å². The summed E-state index contributed by atoms with van der Waals surface area (Å²) >= 11 is 0. The van der Waals surface area contributed by atoms with E-state index in [0.717, 1.165) is 12.8 Å². The fourth-order valence-electron chi connectivity index (χ4n) is 2.29. The number of hydrogen-bond acceptors (Lipinski definition) is 3. The summed E-state index contributed by atoms with van der Waals surface area (Å²) in [5.74, 6) is 0.547. The number of nitriles is 1. The van der Waals surface area contributed by atoms with Gasteiger partial charge < -0.3 is 10.3 Å². The molecule has 2 rings (SSSR count). The third-order valence-corrected chi connectivity index (χ3v) is 3.38. The first-order chi connectivity index (χ1) is 8.18. The first kappa shape index (κ1) is 11.6. The molecule has 0 aliphatic heterocycles. The van der Waals surface area contributed by atoms with E-state index in [0.29, 0.717) is 18.7 Å². The summed E-state index contributed by atoms with van der Waals surface area (Å²) in [4.78, 5) is 19.2. The van der Waals surface area contributed by atoms with Crippen LogP contribution in [0.5, 0.6) is 0 Å². The van der Waals surface area contributed by atoms with Gasteiger partial charge in [0.15, 0.2) is 0 Å². The van der Waals surface area contributed by atoms with E-state index in [-0.39, 0.29) is 11.9 Å². The van der Waals surface area contributed by atoms with E-state index in [4.69, 9.17) is 0 Å². The Morgan fingerprint density at radius 3 is 2.88 bits per heavy atom. The topological polar surface area (TPSA) is 81.6 Å². The summed E-state index contributed by atoms with van der Waals surface area (Å²) in [5.41, 5.74) is -0.819. The molecular formula is C12H16N4O. The first-order valence-electron chi connectivity index (χ1n) is 5.89. The molecule has 1 amide bonds. The summed E-state index contributed by atoms with van der Waals surface area (Å²) < 4.78 is 0. The molecule has 0 saturated heterocycles. The quantitative estimate of drug-likeness (QED) is 0.831. The Kier molecular flexibility index (Phi) is 3.14. The van der Waals surface area contributed by atoms with E-state index < -0.39 is 5.41 Å². The number of amides is 1. The van der Waals surface area contributed by atoms with Crippen molar-refractivity contribution in [2.24, 2.45) is 5.41 Å². The van der Waals surface area contributed by atoms with Crippen LogP contribution in [0.1, 0.15) is 44.5 Å². The van der Waals surface area contributed by atoms with Gasteiger partial charge in [0.2, 0.25) is 5.91 Å². The molecule has 5 heteroatoms. The lowest BCUT2D eigenvalue weighted by Gasteiger charge is -2.21. The van der Waals surface area contributed by atoms with E-state index in [1.807, 2.05) is 6.92 Å². The van der Waals surface area contributed by atoms with Gasteiger partial charge in [-0.15, -0.1) is 0 Å². The Labute approximate surface area is 100 Å². The van der Waals surface area contributed by atoms with Crippen LogP contribution < -0.4 is 5.32 Å². The normalized spacial score (nSPS) is 19.5. The highest BCUT2D eigenvalue weighted by atomic mass is 16.2. The average Bonchev–Trinajstić information content (AvgIpc) is 3.01. The van der Waals surface area contributed by atoms with Crippen molar-refractivity contribution in [1.82, 2.24) is 15.3 Å². The third-order valence-electron chi connectivity index (χ3n) is 3.38. The molecule has 1 saturated carbocycles. The molecule has 1 aromatic rings. The van der Waals surface area contributed by atoms with Gasteiger partial charge in [0.1, 0.15) is 11.2 Å². The molecule has 1 aliphatic rings. The zero-order valence-corrected chi connectivity index (χ0v) is 9.86. The van der Waals surface area contributed by atoms with Crippen molar-refractivity contribution in [3.63, 3.8) is 0 Å². The van der Waals surface area contributed by atoms with Crippen LogP contribution in [0.2, 0.25) is 0 Å². The monoisotopic (exact) mass is 232 g/mol. The molecule has 1 aromatic heterocycles. The highest BCUT2D eigenvalue weighted by molar-refractivity contribution is 5.85. The number of aromatic nitrogens is 2. The SMILES string of the molecule is CC(NC(=O)C1(C#N)CCCC1)c1ncc[nH]1. The fraction of sp³-hybridized carbons (Fsp3) is 0.583. The maximum atomic E-state index is 12.1. The van der Waals surface area contributed by atoms with Crippen LogP contribution in [-0.4, -0.2) is 15.9 Å². The Balaban J connectivity index is 2.04. The van der Waals surface area contributed by atoms with Crippen molar-refractivity contribution in [2.45, 2.75) is 38.6 Å². The molecule has 1 atom stereocenters. The number of imidazole rings is 1. The van der Waals surface area contributed by atoms with Crippen molar-refractivity contribution in [2.75, 3.05) is 0 Å². The summed E-state index contributed by atoms with van der Waals surface area (Å²) in [5, 5.41) is 12.1. The average molecular weight is 232 g/mol. The van der Waals surface area contributed by atoms with Gasteiger partial charge in [-0.3, -0.25) is 4.79 Å². The lowest BCUT2D eigenvalue weighted by atomic mass is 9.87. The van der Waals surface area contributed by atoms with E-state index in [1.54, 1.807) is 12.4 Å². The number of nitrogens with zero attached hydrogens (tertiary/aromatic N) is 2. The molecule has 1 aliphatic carbocycles. The number of hydrogen-bond donors (Lipinski definition) is 2. The highest BCUT2D eigenvalue weighted by Gasteiger charge is 2.42. The second-order valence-electron chi connectivity index (χ2n) is 4.57. The molecular weight excluding hydrogens is 216 g/mol. The van der Waals surface area contributed by atoms with Crippen molar-refractivity contribution in [3.05, 3.63) is 18.2 Å². The van der Waals surface area contributed by atoms with Crippen LogP contribution in [0, 0.1) is 16.7 Å². The lowest BCUT2D eigenvalue weighted by Crippen LogP contribution is -2.39. The molecule has 2 N–H and O–H groups in total. The van der Waals surface area contributed by atoms with Gasteiger partial charge in [0.05, 0.1) is 12.1 Å². The summed E-state index contributed by atoms with van der Waals surface area (Å²) in [6.07, 6.45) is 6.61. The number of nitrogens with one attached hydrogen (secondary N) is 2. The summed E-state index contributed by atoms with van der Waals surface area (Å²) in [6.45, 7) is 1.86. The Bertz CT molecular complexity index is 426. The molecule has 90 valence electrons. The minimum absolute atomic E-state index is 0.165. The number of rotatable bonds is 3. The first-order valence-corrected chi connectivity index (χ1v) is 5.89. The van der Waals surface area contributed by atoms with Crippen LogP contribution in [0.25, 0.3) is 0 Å². The maximum Gasteiger partial charge on any atom is 0.241 e. The lowest BCUT2D eigenvalue weighted by molar-refractivity contribution is -0.128. The number of carbonyl (C=O) groups is 1. The van der Waals surface area contributed by atoms with E-state index in [2.05, 4.69) is 21.4 Å². The Hall–Kier alpha value is -1.83. The van der Waals surface area contributed by atoms with Gasteiger partial charge in [-0.1, -0.05) is 12.8 Å². The van der Waals surface area contributed by atoms with Gasteiger partial charge in [-0.25, -0.2) is 4.98 Å². The van der Waals surface area contributed by atoms with Gasteiger partial charge >= 0.3 is 0 Å². The zero-order valence-electron chi connectivity index (χ0n) is 9.86. The number of H-pyrrole nitrogens is 1. The zero-order chi connectivity index (χ0) is 12.3. The van der Waals surface area contributed by atoms with Crippen molar-refractivity contribution in [1.29, 1.82) is 5.26 Å². The predicted octanol–water partition coefficient (Wildman–Crippen LogP) is 1.67. The van der Waals surface area contributed by atoms with Crippen molar-refractivity contribution >= 4 is 5.91 Å². The van der Waals surface area contributed by atoms with Gasteiger partial charge in [-0.2, -0.15) is 5.26 Å². The maximum absolute atomic E-state index is 12.1. The van der Waals surface area contributed by atoms with Crippen LogP contribution in [-0.2, 0) is 4.79 Å². The van der Waals surface area contributed by atoms with Gasteiger partial charge in [-0.05, 0) is 19.8 Å². The molecule has 5 nitrogen and oxygen atoms in total. The van der Waals surface area contributed by atoms with Gasteiger partial charge in [0.25, 0.3) is 0 Å². The molecule has 0 spiro atoms. The standard InChI is InChI=1S/C12H16N4O/c1-9(10-14-6-7-15-10)16-11(17)12(8-13)4-2-3-5-12/h6-7,9H,2-5H2,1H3,(H,14,15)(H,16,17). The van der Waals surface area contributed by atoms with Crippen LogP contribution >= 0.6 is 0 Å². The van der Waals surface area contributed by atoms with Crippen molar-refractivity contribution < 1.29 is 4.79 Å². The third kappa shape index (κ3) is 2.16. The molecule has 0 radical (unpaired) electrons. The molecule has 0 bridgehead atoms. The van der Waals surface area contributed by atoms with E-state index >= 15 is 0 Å². The number of carbonyl (C=O) groups excluding carboxylic acids is 1. The molecule has 1 fully saturated rings. The minimum Gasteiger partial charge on any atom is -0.347 e. The molecule has 1 unspecified atom stereocenters. The molecule has 17 heavy (non-hydrogen) atoms. The Morgan fingerprint density at radius 1 is 1.65 bits per heavy atom. The second-order valence-corrected chi connectivity index (χ2v) is 4.57. The van der Waals surface area contributed by atoms with Crippen molar-refractivity contribution in [3.8, 4) is 6.07 Å². The second kappa shape index (κ2) is 4.58. The van der Waals surface area contributed by atoms with Crippen LogP contribution in [0.3, 0.4) is 0 Å². The minimum atomic E-state index is -0.819. The fourth-order valence-corrected chi connectivity index (χ4v) is 2.29. The summed E-state index contributed by atoms with van der Waals surface area (Å²) in [6, 6.07) is 1.99. The van der Waals surface area contributed by atoms with Crippen LogP contribution in [0.15, 0.2) is 12.4 Å². The molecule has 0 aromatic carbocycles. The highest BCUT2D eigenvalue weighted by Crippen LogP contribution is 2.38. The van der Waals surface area contributed by atoms with Crippen LogP contribution in [0.4, 0.5) is 0 Å². The predicted molar refractivity (Wildman–Crippen MR) is 61.7 cm³/mol. The number of aromatic amines is 1. The smallest absolute Gasteiger partial charge is 0.241 e. The van der Waals surface area contributed by atoms with E-state index in [1.165, 1.54) is 0 Å². The van der Waals surface area contributed by atoms with E-state index in [9.17, 15) is 10.1 Å². The summed E-state index contributed by atoms with van der Waals surface area (Å²) in [7, 11) is 0. The Morgan fingerprint density at radius 2 is 2.35 bits per heavy atom. The largest absolute Gasteiger partial charge is 0.347 e. The molecule has 1 heterocycles.